The first-order valence-electron chi connectivity index (χ1n) is 6.65. The van der Waals surface area contributed by atoms with Gasteiger partial charge in [0, 0.05) is 38.3 Å². The van der Waals surface area contributed by atoms with Crippen LogP contribution in [-0.2, 0) is 4.79 Å². The number of hydrogen-bond acceptors (Lipinski definition) is 4. The molecule has 2 aliphatic rings. The van der Waals surface area contributed by atoms with Crippen LogP contribution >= 0.6 is 0 Å². The summed E-state index contributed by atoms with van der Waals surface area (Å²) in [6.07, 6.45) is 7.24. The van der Waals surface area contributed by atoms with Crippen LogP contribution in [0.1, 0.15) is 25.7 Å². The lowest BCUT2D eigenvalue weighted by Gasteiger charge is -2.37. The molecule has 0 aromatic carbocycles. The van der Waals surface area contributed by atoms with Gasteiger partial charge >= 0.3 is 0 Å². The Bertz CT molecular complexity index is 414. The molecule has 5 nitrogen and oxygen atoms in total. The lowest BCUT2D eigenvalue weighted by molar-refractivity contribution is -0.130. The van der Waals surface area contributed by atoms with Crippen molar-refractivity contribution in [2.24, 2.45) is 0 Å². The molecule has 0 N–H and O–H groups in total. The quantitative estimate of drug-likeness (QED) is 0.783. The Morgan fingerprint density at radius 1 is 1.22 bits per heavy atom. The van der Waals surface area contributed by atoms with Crippen LogP contribution in [0.15, 0.2) is 18.6 Å². The number of carbonyl (C=O) groups is 1. The highest BCUT2D eigenvalue weighted by atomic mass is 16.2. The first kappa shape index (κ1) is 11.4. The molecule has 0 atom stereocenters. The van der Waals surface area contributed by atoms with E-state index < -0.39 is 0 Å². The number of piperidine rings is 1. The van der Waals surface area contributed by atoms with Crippen LogP contribution in [0.5, 0.6) is 0 Å². The second kappa shape index (κ2) is 4.92. The maximum absolute atomic E-state index is 11.7. The number of likely N-dealkylation sites (tertiary alicyclic amines) is 1. The van der Waals surface area contributed by atoms with Gasteiger partial charge in [-0.25, -0.2) is 9.97 Å². The van der Waals surface area contributed by atoms with E-state index in [-0.39, 0.29) is 0 Å². The van der Waals surface area contributed by atoms with Crippen LogP contribution in [0.3, 0.4) is 0 Å². The third-order valence-electron chi connectivity index (χ3n) is 3.91. The van der Waals surface area contributed by atoms with Gasteiger partial charge in [0.1, 0.15) is 12.1 Å². The van der Waals surface area contributed by atoms with Gasteiger partial charge in [-0.05, 0) is 25.3 Å². The molecular formula is C13H18N4O. The van der Waals surface area contributed by atoms with E-state index in [9.17, 15) is 4.79 Å². The zero-order chi connectivity index (χ0) is 12.4. The predicted molar refractivity (Wildman–Crippen MR) is 68.2 cm³/mol. The minimum atomic E-state index is 0.343. The molecule has 1 amide bonds. The molecule has 0 radical (unpaired) electrons. The number of hydrogen-bond donors (Lipinski definition) is 0. The van der Waals surface area contributed by atoms with Gasteiger partial charge in [-0.15, -0.1) is 0 Å². The van der Waals surface area contributed by atoms with E-state index in [1.54, 1.807) is 12.5 Å². The molecule has 0 bridgehead atoms. The van der Waals surface area contributed by atoms with Crippen molar-refractivity contribution in [1.29, 1.82) is 0 Å². The third kappa shape index (κ3) is 2.17. The zero-order valence-corrected chi connectivity index (χ0v) is 10.5. The highest BCUT2D eigenvalue weighted by Crippen LogP contribution is 2.24. The van der Waals surface area contributed by atoms with Crippen molar-refractivity contribution < 1.29 is 4.79 Å². The predicted octanol–water partition coefficient (Wildman–Crippen LogP) is 1.07. The Kier molecular flexibility index (Phi) is 3.13. The smallest absolute Gasteiger partial charge is 0.222 e. The summed E-state index contributed by atoms with van der Waals surface area (Å²) in [6, 6.07) is 2.39. The Labute approximate surface area is 107 Å². The van der Waals surface area contributed by atoms with E-state index in [0.29, 0.717) is 11.9 Å². The van der Waals surface area contributed by atoms with Crippen molar-refractivity contribution >= 4 is 11.7 Å². The van der Waals surface area contributed by atoms with Gasteiger partial charge in [-0.1, -0.05) is 0 Å². The van der Waals surface area contributed by atoms with Crippen LogP contribution in [0.2, 0.25) is 0 Å². The monoisotopic (exact) mass is 246 g/mol. The van der Waals surface area contributed by atoms with Crippen LogP contribution < -0.4 is 4.90 Å². The Balaban J connectivity index is 1.60. The molecule has 0 saturated carbocycles. The molecule has 2 aliphatic heterocycles. The normalized spacial score (nSPS) is 21.7. The lowest BCUT2D eigenvalue weighted by atomic mass is 10.0. The summed E-state index contributed by atoms with van der Waals surface area (Å²) in [5.74, 6) is 1.34. The summed E-state index contributed by atoms with van der Waals surface area (Å²) < 4.78 is 0. The summed E-state index contributed by atoms with van der Waals surface area (Å²) in [6.45, 7) is 2.91. The average molecular weight is 246 g/mol. The minimum absolute atomic E-state index is 0.343. The van der Waals surface area contributed by atoms with Gasteiger partial charge < -0.3 is 9.80 Å². The summed E-state index contributed by atoms with van der Waals surface area (Å²) in [5.41, 5.74) is 0. The van der Waals surface area contributed by atoms with Gasteiger partial charge in [-0.2, -0.15) is 0 Å². The van der Waals surface area contributed by atoms with Crippen molar-refractivity contribution in [3.05, 3.63) is 18.6 Å². The summed E-state index contributed by atoms with van der Waals surface area (Å²) in [4.78, 5) is 24.3. The minimum Gasteiger partial charge on any atom is -0.356 e. The molecule has 1 aromatic heterocycles. The van der Waals surface area contributed by atoms with Gasteiger partial charge in [0.25, 0.3) is 0 Å². The maximum atomic E-state index is 11.7. The van der Waals surface area contributed by atoms with Crippen LogP contribution in [0.25, 0.3) is 0 Å². The Morgan fingerprint density at radius 2 is 2.06 bits per heavy atom. The number of aromatic nitrogens is 2. The molecule has 3 heterocycles. The molecule has 0 spiro atoms. The van der Waals surface area contributed by atoms with Gasteiger partial charge in [0.2, 0.25) is 5.91 Å². The van der Waals surface area contributed by atoms with E-state index in [2.05, 4.69) is 19.8 Å². The molecule has 18 heavy (non-hydrogen) atoms. The van der Waals surface area contributed by atoms with Gasteiger partial charge in [-0.3, -0.25) is 4.79 Å². The summed E-state index contributed by atoms with van der Waals surface area (Å²) >= 11 is 0. The van der Waals surface area contributed by atoms with Crippen molar-refractivity contribution in [3.8, 4) is 0 Å². The highest BCUT2D eigenvalue weighted by molar-refractivity contribution is 5.78. The zero-order valence-electron chi connectivity index (χ0n) is 10.5. The van der Waals surface area contributed by atoms with Crippen LogP contribution in [0, 0.1) is 0 Å². The highest BCUT2D eigenvalue weighted by Gasteiger charge is 2.30. The van der Waals surface area contributed by atoms with E-state index in [1.165, 1.54) is 0 Å². The largest absolute Gasteiger partial charge is 0.356 e. The van der Waals surface area contributed by atoms with Crippen molar-refractivity contribution in [1.82, 2.24) is 14.9 Å². The standard InChI is InChI=1S/C13H18N4O/c18-13-2-1-7-17(13)11-4-8-16(9-5-11)12-3-6-14-10-15-12/h3,6,10-11H,1-2,4-5,7-9H2. The van der Waals surface area contributed by atoms with Crippen LogP contribution in [-0.4, -0.2) is 46.5 Å². The SMILES string of the molecule is O=C1CCCN1C1CCN(c2ccncn2)CC1. The molecule has 96 valence electrons. The van der Waals surface area contributed by atoms with Gasteiger partial charge in [0.15, 0.2) is 0 Å². The maximum Gasteiger partial charge on any atom is 0.222 e. The van der Waals surface area contributed by atoms with Gasteiger partial charge in [0.05, 0.1) is 0 Å². The fraction of sp³-hybridized carbons (Fsp3) is 0.615. The fourth-order valence-electron chi connectivity index (χ4n) is 2.93. The van der Waals surface area contributed by atoms with Crippen molar-refractivity contribution in [2.45, 2.75) is 31.7 Å². The van der Waals surface area contributed by atoms with E-state index in [1.807, 2.05) is 6.07 Å². The summed E-state index contributed by atoms with van der Waals surface area (Å²) in [5, 5.41) is 0. The molecule has 3 rings (SSSR count). The first-order chi connectivity index (χ1) is 8.84. The van der Waals surface area contributed by atoms with Crippen molar-refractivity contribution in [3.63, 3.8) is 0 Å². The average Bonchev–Trinajstić information content (AvgIpc) is 2.86. The molecule has 2 fully saturated rings. The van der Waals surface area contributed by atoms with Crippen LogP contribution in [0.4, 0.5) is 5.82 Å². The molecule has 5 heteroatoms. The Hall–Kier alpha value is -1.65. The molecule has 2 saturated heterocycles. The molecular weight excluding hydrogens is 228 g/mol. The number of nitrogens with zero attached hydrogens (tertiary/aromatic N) is 4. The number of rotatable bonds is 2. The molecule has 1 aromatic rings. The fourth-order valence-corrected chi connectivity index (χ4v) is 2.93. The second-order valence-electron chi connectivity index (χ2n) is 4.98. The number of carbonyl (C=O) groups excluding carboxylic acids is 1. The van der Waals surface area contributed by atoms with E-state index in [0.717, 1.165) is 51.1 Å². The Morgan fingerprint density at radius 3 is 2.67 bits per heavy atom. The molecule has 0 aliphatic carbocycles. The van der Waals surface area contributed by atoms with Crippen molar-refractivity contribution in [2.75, 3.05) is 24.5 Å². The summed E-state index contributed by atoms with van der Waals surface area (Å²) in [7, 11) is 0. The number of amides is 1. The number of anilines is 1. The lowest BCUT2D eigenvalue weighted by Crippen LogP contribution is -2.45. The first-order valence-corrected chi connectivity index (χ1v) is 6.65. The van der Waals surface area contributed by atoms with E-state index >= 15 is 0 Å². The molecule has 0 unspecified atom stereocenters. The second-order valence-corrected chi connectivity index (χ2v) is 4.98. The van der Waals surface area contributed by atoms with E-state index in [4.69, 9.17) is 0 Å². The topological polar surface area (TPSA) is 49.3 Å². The third-order valence-corrected chi connectivity index (χ3v) is 3.91.